The van der Waals surface area contributed by atoms with Crippen molar-refractivity contribution in [3.05, 3.63) is 23.5 Å². The van der Waals surface area contributed by atoms with E-state index in [0.29, 0.717) is 16.9 Å². The van der Waals surface area contributed by atoms with Crippen LogP contribution in [0.1, 0.15) is 11.3 Å². The summed E-state index contributed by atoms with van der Waals surface area (Å²) in [4.78, 5) is 14.6. The molecule has 0 atom stereocenters. The molecule has 0 aromatic carbocycles. The average molecular weight is 243 g/mol. The van der Waals surface area contributed by atoms with Crippen molar-refractivity contribution in [3.63, 3.8) is 0 Å². The molecule has 0 fully saturated rings. The van der Waals surface area contributed by atoms with Gasteiger partial charge >= 0.3 is 0 Å². The zero-order chi connectivity index (χ0) is 12.3. The number of primary amides is 1. The number of aryl methyl sites for hydroxylation is 1. The summed E-state index contributed by atoms with van der Waals surface area (Å²) in [5, 5.41) is 0. The minimum absolute atomic E-state index is 0.0417. The number of amides is 1. The van der Waals surface area contributed by atoms with Crippen molar-refractivity contribution in [1.29, 1.82) is 0 Å². The van der Waals surface area contributed by atoms with E-state index in [9.17, 15) is 13.2 Å². The third kappa shape index (κ3) is 3.85. The Morgan fingerprint density at radius 1 is 1.56 bits per heavy atom. The topological polar surface area (TPSA) is 102 Å². The predicted octanol–water partition coefficient (Wildman–Crippen LogP) is -0.211. The maximum Gasteiger partial charge on any atom is 0.229 e. The first-order chi connectivity index (χ1) is 7.28. The number of nitrogens with one attached hydrogen (secondary N) is 1. The van der Waals surface area contributed by atoms with Crippen LogP contribution >= 0.6 is 0 Å². The molecule has 0 spiro atoms. The van der Waals surface area contributed by atoms with Gasteiger partial charge in [0.1, 0.15) is 0 Å². The summed E-state index contributed by atoms with van der Waals surface area (Å²) in [6, 6.07) is 1.62. The second-order valence-electron chi connectivity index (χ2n) is 3.51. The first kappa shape index (κ1) is 12.4. The summed E-state index contributed by atoms with van der Waals surface area (Å²) < 4.78 is 24.3. The van der Waals surface area contributed by atoms with Gasteiger partial charge in [0.2, 0.25) is 15.9 Å². The van der Waals surface area contributed by atoms with Gasteiger partial charge in [0.15, 0.2) is 0 Å². The van der Waals surface area contributed by atoms with E-state index in [2.05, 4.69) is 9.71 Å². The molecule has 88 valence electrons. The fourth-order valence-corrected chi connectivity index (χ4v) is 1.81. The largest absolute Gasteiger partial charge is 0.369 e. The Kier molecular flexibility index (Phi) is 3.48. The molecule has 0 unspecified atom stereocenters. The third-order valence-electron chi connectivity index (χ3n) is 1.82. The Bertz CT molecular complexity index is 511. The fraction of sp³-hybridized carbons (Fsp3) is 0.333. The SMILES string of the molecule is Cc1cc(CC(N)=O)ncc1NS(C)(=O)=O. The molecule has 0 aliphatic heterocycles. The number of pyridine rings is 1. The highest BCUT2D eigenvalue weighted by Gasteiger charge is 2.07. The van der Waals surface area contributed by atoms with E-state index in [-0.39, 0.29) is 6.42 Å². The fourth-order valence-electron chi connectivity index (χ4n) is 1.20. The highest BCUT2D eigenvalue weighted by molar-refractivity contribution is 7.92. The number of nitrogens with two attached hydrogens (primary N) is 1. The maximum atomic E-state index is 11.0. The van der Waals surface area contributed by atoms with Crippen molar-refractivity contribution >= 4 is 21.6 Å². The Hall–Kier alpha value is -1.63. The maximum absolute atomic E-state index is 11.0. The van der Waals surface area contributed by atoms with Gasteiger partial charge in [-0.1, -0.05) is 0 Å². The summed E-state index contributed by atoms with van der Waals surface area (Å²) in [7, 11) is -3.32. The van der Waals surface area contributed by atoms with Crippen LogP contribution < -0.4 is 10.5 Å². The Morgan fingerprint density at radius 3 is 2.62 bits per heavy atom. The number of carbonyl (C=O) groups is 1. The molecule has 0 aliphatic carbocycles. The third-order valence-corrected chi connectivity index (χ3v) is 2.41. The second kappa shape index (κ2) is 4.48. The van der Waals surface area contributed by atoms with Crippen LogP contribution in [0.5, 0.6) is 0 Å². The molecule has 0 saturated heterocycles. The molecule has 1 amide bonds. The molecule has 3 N–H and O–H groups in total. The van der Waals surface area contributed by atoms with Crippen LogP contribution in [0.4, 0.5) is 5.69 Å². The molecule has 6 nitrogen and oxygen atoms in total. The Labute approximate surface area is 93.9 Å². The van der Waals surface area contributed by atoms with Gasteiger partial charge in [0.25, 0.3) is 0 Å². The van der Waals surface area contributed by atoms with Crippen LogP contribution in [0.3, 0.4) is 0 Å². The minimum Gasteiger partial charge on any atom is -0.369 e. The van der Waals surface area contributed by atoms with E-state index in [1.54, 1.807) is 13.0 Å². The predicted molar refractivity (Wildman–Crippen MR) is 60.3 cm³/mol. The van der Waals surface area contributed by atoms with Crippen LogP contribution in [0.15, 0.2) is 12.3 Å². The lowest BCUT2D eigenvalue weighted by Crippen LogP contribution is -2.15. The second-order valence-corrected chi connectivity index (χ2v) is 5.26. The van der Waals surface area contributed by atoms with E-state index in [1.807, 2.05) is 0 Å². The average Bonchev–Trinajstić information content (AvgIpc) is 2.06. The monoisotopic (exact) mass is 243 g/mol. The molecule has 0 saturated carbocycles. The Morgan fingerprint density at radius 2 is 2.19 bits per heavy atom. The molecule has 1 heterocycles. The highest BCUT2D eigenvalue weighted by atomic mass is 32.2. The van der Waals surface area contributed by atoms with Gasteiger partial charge in [-0.15, -0.1) is 0 Å². The lowest BCUT2D eigenvalue weighted by molar-refractivity contribution is -0.117. The van der Waals surface area contributed by atoms with Gasteiger partial charge in [-0.25, -0.2) is 8.42 Å². The molecule has 1 rings (SSSR count). The van der Waals surface area contributed by atoms with Crippen molar-refractivity contribution in [2.24, 2.45) is 5.73 Å². The van der Waals surface area contributed by atoms with E-state index >= 15 is 0 Å². The minimum atomic E-state index is -3.32. The van der Waals surface area contributed by atoms with Crippen molar-refractivity contribution in [3.8, 4) is 0 Å². The molecular formula is C9H13N3O3S. The van der Waals surface area contributed by atoms with E-state index in [4.69, 9.17) is 5.73 Å². The normalized spacial score (nSPS) is 11.1. The van der Waals surface area contributed by atoms with Crippen LogP contribution in [0.25, 0.3) is 0 Å². The summed E-state index contributed by atoms with van der Waals surface area (Å²) in [6.45, 7) is 1.72. The molecule has 0 aliphatic rings. The summed E-state index contributed by atoms with van der Waals surface area (Å²) >= 11 is 0. The van der Waals surface area contributed by atoms with Gasteiger partial charge in [-0.3, -0.25) is 14.5 Å². The zero-order valence-electron chi connectivity index (χ0n) is 9.02. The smallest absolute Gasteiger partial charge is 0.229 e. The van der Waals surface area contributed by atoms with E-state index in [0.717, 1.165) is 6.26 Å². The van der Waals surface area contributed by atoms with Gasteiger partial charge in [-0.05, 0) is 18.6 Å². The van der Waals surface area contributed by atoms with Gasteiger partial charge in [-0.2, -0.15) is 0 Å². The molecular weight excluding hydrogens is 230 g/mol. The summed E-state index contributed by atoms with van der Waals surface area (Å²) in [5.74, 6) is -0.476. The van der Waals surface area contributed by atoms with Crippen molar-refractivity contribution in [2.75, 3.05) is 11.0 Å². The number of carbonyl (C=O) groups excluding carboxylic acids is 1. The molecule has 1 aromatic rings. The standard InChI is InChI=1S/C9H13N3O3S/c1-6-3-7(4-9(10)13)11-5-8(6)12-16(2,14)15/h3,5,12H,4H2,1-2H3,(H2,10,13). The number of aromatic nitrogens is 1. The number of rotatable bonds is 4. The van der Waals surface area contributed by atoms with Gasteiger partial charge < -0.3 is 5.73 Å². The van der Waals surface area contributed by atoms with E-state index in [1.165, 1.54) is 6.20 Å². The number of nitrogens with zero attached hydrogens (tertiary/aromatic N) is 1. The van der Waals surface area contributed by atoms with Crippen molar-refractivity contribution in [1.82, 2.24) is 4.98 Å². The Balaban J connectivity index is 2.96. The van der Waals surface area contributed by atoms with Crippen LogP contribution in [0.2, 0.25) is 0 Å². The van der Waals surface area contributed by atoms with Crippen LogP contribution in [0, 0.1) is 6.92 Å². The summed E-state index contributed by atoms with van der Waals surface area (Å²) in [5.41, 5.74) is 6.63. The number of anilines is 1. The van der Waals surface area contributed by atoms with E-state index < -0.39 is 15.9 Å². The molecule has 1 aromatic heterocycles. The highest BCUT2D eigenvalue weighted by Crippen LogP contribution is 2.15. The zero-order valence-corrected chi connectivity index (χ0v) is 9.84. The lowest BCUT2D eigenvalue weighted by Gasteiger charge is -2.08. The first-order valence-corrected chi connectivity index (χ1v) is 6.38. The van der Waals surface area contributed by atoms with Crippen molar-refractivity contribution in [2.45, 2.75) is 13.3 Å². The molecule has 0 bridgehead atoms. The quantitative estimate of drug-likeness (QED) is 0.763. The molecule has 7 heteroatoms. The number of hydrogen-bond donors (Lipinski definition) is 2. The molecule has 0 radical (unpaired) electrons. The van der Waals surface area contributed by atoms with Crippen LogP contribution in [-0.2, 0) is 21.2 Å². The van der Waals surface area contributed by atoms with Crippen LogP contribution in [-0.4, -0.2) is 25.6 Å². The van der Waals surface area contributed by atoms with Gasteiger partial charge in [0, 0.05) is 0 Å². The lowest BCUT2D eigenvalue weighted by atomic mass is 10.2. The number of hydrogen-bond acceptors (Lipinski definition) is 4. The first-order valence-electron chi connectivity index (χ1n) is 4.49. The number of sulfonamides is 1. The van der Waals surface area contributed by atoms with Gasteiger partial charge in [0.05, 0.1) is 30.3 Å². The van der Waals surface area contributed by atoms with Crippen molar-refractivity contribution < 1.29 is 13.2 Å². The molecule has 16 heavy (non-hydrogen) atoms. The summed E-state index contributed by atoms with van der Waals surface area (Å²) in [6.07, 6.45) is 2.47.